The van der Waals surface area contributed by atoms with E-state index in [9.17, 15) is 4.79 Å². The lowest BCUT2D eigenvalue weighted by Crippen LogP contribution is -2.37. The first-order valence-electron chi connectivity index (χ1n) is 7.25. The first-order valence-corrected chi connectivity index (χ1v) is 7.25. The van der Waals surface area contributed by atoms with Crippen LogP contribution in [0.25, 0.3) is 0 Å². The molecule has 0 bridgehead atoms. The number of ether oxygens (including phenoxy) is 1. The van der Waals surface area contributed by atoms with Crippen molar-refractivity contribution in [2.45, 2.75) is 13.0 Å². The lowest BCUT2D eigenvalue weighted by molar-refractivity contribution is 0.0695. The molecular formula is C18H16N2O2. The van der Waals surface area contributed by atoms with Crippen LogP contribution in [-0.4, -0.2) is 29.1 Å². The summed E-state index contributed by atoms with van der Waals surface area (Å²) >= 11 is 0. The lowest BCUT2D eigenvalue weighted by Gasteiger charge is -2.25. The Kier molecular flexibility index (Phi) is 4.35. The number of nitrogens with zero attached hydrogens (tertiary/aromatic N) is 2. The van der Waals surface area contributed by atoms with Gasteiger partial charge in [-0.05, 0) is 30.7 Å². The van der Waals surface area contributed by atoms with Crippen molar-refractivity contribution in [2.24, 2.45) is 0 Å². The minimum Gasteiger partial charge on any atom is -0.449 e. The number of benzene rings is 1. The third kappa shape index (κ3) is 3.64. The Hall–Kier alpha value is -2.80. The SMILES string of the molecule is O=C1OCCCN1Cc1ccc(C#Cc2ccccc2)cn1. The Morgan fingerprint density at radius 3 is 2.64 bits per heavy atom. The average molecular weight is 292 g/mol. The molecule has 0 atom stereocenters. The summed E-state index contributed by atoms with van der Waals surface area (Å²) in [4.78, 5) is 17.6. The molecule has 0 N–H and O–H groups in total. The highest BCUT2D eigenvalue weighted by atomic mass is 16.6. The smallest absolute Gasteiger partial charge is 0.410 e. The highest BCUT2D eigenvalue weighted by molar-refractivity contribution is 5.68. The minimum absolute atomic E-state index is 0.263. The quantitative estimate of drug-likeness (QED) is 0.799. The van der Waals surface area contributed by atoms with Crippen LogP contribution in [0.1, 0.15) is 23.2 Å². The van der Waals surface area contributed by atoms with Crippen LogP contribution in [0.4, 0.5) is 4.79 Å². The summed E-state index contributed by atoms with van der Waals surface area (Å²) in [5.41, 5.74) is 2.67. The molecule has 1 aliphatic rings. The van der Waals surface area contributed by atoms with E-state index in [1.165, 1.54) is 0 Å². The van der Waals surface area contributed by atoms with Crippen LogP contribution in [0.3, 0.4) is 0 Å². The molecule has 1 saturated heterocycles. The Morgan fingerprint density at radius 1 is 1.09 bits per heavy atom. The number of carbonyl (C=O) groups excluding carboxylic acids is 1. The number of hydrogen-bond donors (Lipinski definition) is 0. The van der Waals surface area contributed by atoms with Crippen LogP contribution in [0.5, 0.6) is 0 Å². The Balaban J connectivity index is 1.65. The van der Waals surface area contributed by atoms with E-state index in [2.05, 4.69) is 16.8 Å². The van der Waals surface area contributed by atoms with Gasteiger partial charge in [0.15, 0.2) is 0 Å². The molecule has 1 aliphatic heterocycles. The molecule has 110 valence electrons. The number of amides is 1. The van der Waals surface area contributed by atoms with E-state index in [1.54, 1.807) is 11.1 Å². The van der Waals surface area contributed by atoms with E-state index >= 15 is 0 Å². The lowest BCUT2D eigenvalue weighted by atomic mass is 10.2. The van der Waals surface area contributed by atoms with Crippen molar-refractivity contribution in [3.63, 3.8) is 0 Å². The van der Waals surface area contributed by atoms with Crippen molar-refractivity contribution in [1.29, 1.82) is 0 Å². The molecule has 2 aromatic rings. The highest BCUT2D eigenvalue weighted by Gasteiger charge is 2.19. The number of carbonyl (C=O) groups is 1. The number of hydrogen-bond acceptors (Lipinski definition) is 3. The van der Waals surface area contributed by atoms with E-state index in [0.717, 1.165) is 29.8 Å². The first kappa shape index (κ1) is 14.2. The van der Waals surface area contributed by atoms with Crippen LogP contribution in [0.2, 0.25) is 0 Å². The van der Waals surface area contributed by atoms with E-state index in [-0.39, 0.29) is 6.09 Å². The van der Waals surface area contributed by atoms with Crippen LogP contribution in [-0.2, 0) is 11.3 Å². The van der Waals surface area contributed by atoms with Gasteiger partial charge in [-0.25, -0.2) is 4.79 Å². The van der Waals surface area contributed by atoms with Gasteiger partial charge in [-0.3, -0.25) is 4.98 Å². The molecule has 0 spiro atoms. The summed E-state index contributed by atoms with van der Waals surface area (Å²) < 4.78 is 5.01. The van der Waals surface area contributed by atoms with Crippen LogP contribution in [0.15, 0.2) is 48.7 Å². The van der Waals surface area contributed by atoms with Gasteiger partial charge in [0.1, 0.15) is 0 Å². The fraction of sp³-hybridized carbons (Fsp3) is 0.222. The maximum absolute atomic E-state index is 11.6. The minimum atomic E-state index is -0.263. The number of rotatable bonds is 2. The van der Waals surface area contributed by atoms with E-state index in [1.807, 2.05) is 42.5 Å². The summed E-state index contributed by atoms with van der Waals surface area (Å²) in [7, 11) is 0. The predicted molar refractivity (Wildman–Crippen MR) is 83.0 cm³/mol. The molecule has 3 rings (SSSR count). The van der Waals surface area contributed by atoms with Gasteiger partial charge in [-0.1, -0.05) is 30.0 Å². The normalized spacial score (nSPS) is 14.0. The molecule has 1 aromatic carbocycles. The first-order chi connectivity index (χ1) is 10.8. The van der Waals surface area contributed by atoms with Crippen molar-refractivity contribution in [3.8, 4) is 11.8 Å². The van der Waals surface area contributed by atoms with Crippen molar-refractivity contribution >= 4 is 6.09 Å². The van der Waals surface area contributed by atoms with Gasteiger partial charge < -0.3 is 9.64 Å². The summed E-state index contributed by atoms with van der Waals surface area (Å²) in [6, 6.07) is 13.7. The average Bonchev–Trinajstić information content (AvgIpc) is 2.57. The van der Waals surface area contributed by atoms with Gasteiger partial charge in [0, 0.05) is 23.9 Å². The third-order valence-electron chi connectivity index (χ3n) is 3.36. The summed E-state index contributed by atoms with van der Waals surface area (Å²) in [6.07, 6.45) is 2.34. The molecule has 22 heavy (non-hydrogen) atoms. The zero-order valence-corrected chi connectivity index (χ0v) is 12.2. The van der Waals surface area contributed by atoms with Crippen LogP contribution < -0.4 is 0 Å². The molecule has 1 aromatic heterocycles. The third-order valence-corrected chi connectivity index (χ3v) is 3.36. The second-order valence-corrected chi connectivity index (χ2v) is 5.04. The maximum Gasteiger partial charge on any atom is 0.410 e. The Labute approximate surface area is 129 Å². The summed E-state index contributed by atoms with van der Waals surface area (Å²) in [5, 5.41) is 0. The topological polar surface area (TPSA) is 42.4 Å². The van der Waals surface area contributed by atoms with E-state index in [0.29, 0.717) is 13.2 Å². The summed E-state index contributed by atoms with van der Waals surface area (Å²) in [5.74, 6) is 6.18. The number of aromatic nitrogens is 1. The van der Waals surface area contributed by atoms with Gasteiger partial charge in [-0.2, -0.15) is 0 Å². The zero-order chi connectivity index (χ0) is 15.2. The largest absolute Gasteiger partial charge is 0.449 e. The summed E-state index contributed by atoms with van der Waals surface area (Å²) in [6.45, 7) is 1.71. The molecule has 4 heteroatoms. The Bertz CT molecular complexity index is 699. The molecule has 0 unspecified atom stereocenters. The van der Waals surface area contributed by atoms with Gasteiger partial charge >= 0.3 is 6.09 Å². The Morgan fingerprint density at radius 2 is 1.91 bits per heavy atom. The molecular weight excluding hydrogens is 276 g/mol. The predicted octanol–water partition coefficient (Wildman–Crippen LogP) is 2.82. The maximum atomic E-state index is 11.6. The molecule has 0 aliphatic carbocycles. The van der Waals surface area contributed by atoms with Crippen molar-refractivity contribution in [2.75, 3.05) is 13.2 Å². The van der Waals surface area contributed by atoms with Gasteiger partial charge in [-0.15, -0.1) is 0 Å². The second-order valence-electron chi connectivity index (χ2n) is 5.04. The molecule has 0 radical (unpaired) electrons. The van der Waals surface area contributed by atoms with Gasteiger partial charge in [0.2, 0.25) is 0 Å². The molecule has 1 amide bonds. The van der Waals surface area contributed by atoms with Crippen LogP contribution >= 0.6 is 0 Å². The number of pyridine rings is 1. The van der Waals surface area contributed by atoms with Crippen molar-refractivity contribution < 1.29 is 9.53 Å². The van der Waals surface area contributed by atoms with E-state index in [4.69, 9.17) is 4.74 Å². The molecule has 2 heterocycles. The second kappa shape index (κ2) is 6.77. The van der Waals surface area contributed by atoms with Crippen molar-refractivity contribution in [3.05, 3.63) is 65.5 Å². The number of cyclic esters (lactones) is 1. The molecule has 0 saturated carbocycles. The fourth-order valence-electron chi connectivity index (χ4n) is 2.19. The van der Waals surface area contributed by atoms with Gasteiger partial charge in [0.25, 0.3) is 0 Å². The molecule has 4 nitrogen and oxygen atoms in total. The van der Waals surface area contributed by atoms with E-state index < -0.39 is 0 Å². The molecule has 1 fully saturated rings. The highest BCUT2D eigenvalue weighted by Crippen LogP contribution is 2.09. The standard InChI is InChI=1S/C18H16N2O2/c21-18-20(11-4-12-22-18)14-17-10-9-16(13-19-17)8-7-15-5-2-1-3-6-15/h1-3,5-6,9-10,13H,4,11-12,14H2. The van der Waals surface area contributed by atoms with Gasteiger partial charge in [0.05, 0.1) is 18.8 Å². The zero-order valence-electron chi connectivity index (χ0n) is 12.2. The fourth-order valence-corrected chi connectivity index (χ4v) is 2.19. The van der Waals surface area contributed by atoms with Crippen LogP contribution in [0, 0.1) is 11.8 Å². The monoisotopic (exact) mass is 292 g/mol. The van der Waals surface area contributed by atoms with Crippen molar-refractivity contribution in [1.82, 2.24) is 9.88 Å².